The Hall–Kier alpha value is -1.91. The second kappa shape index (κ2) is 11.5. The summed E-state index contributed by atoms with van der Waals surface area (Å²) in [6.45, 7) is 5.10. The minimum atomic E-state index is -0.608. The number of hydrogen-bond donors (Lipinski definition) is 0. The van der Waals surface area contributed by atoms with E-state index in [0.717, 1.165) is 37.4 Å². The monoisotopic (exact) mass is 465 g/mol. The van der Waals surface area contributed by atoms with Gasteiger partial charge in [0.25, 0.3) is 0 Å². The minimum Gasteiger partial charge on any atom is -0.494 e. The van der Waals surface area contributed by atoms with Crippen molar-refractivity contribution in [3.63, 3.8) is 0 Å². The molecular formula is C24H39N3O6. The molecule has 2 aliphatic rings. The molecule has 186 valence electrons. The highest BCUT2D eigenvalue weighted by atomic mass is 16.8. The Morgan fingerprint density at radius 2 is 1.67 bits per heavy atom. The molecule has 2 aliphatic heterocycles. The predicted molar refractivity (Wildman–Crippen MR) is 126 cm³/mol. The zero-order chi connectivity index (χ0) is 24.0. The maximum Gasteiger partial charge on any atom is 0.414 e. The topological polar surface area (TPSA) is 72.9 Å². The van der Waals surface area contributed by atoms with Gasteiger partial charge in [-0.25, -0.2) is 4.79 Å². The van der Waals surface area contributed by atoms with Gasteiger partial charge in [-0.3, -0.25) is 4.90 Å². The van der Waals surface area contributed by atoms with Gasteiger partial charge in [0.15, 0.2) is 5.79 Å². The predicted octanol–water partition coefficient (Wildman–Crippen LogP) is 2.44. The van der Waals surface area contributed by atoms with Crippen LogP contribution in [-0.2, 0) is 18.9 Å². The highest BCUT2D eigenvalue weighted by Crippen LogP contribution is 2.33. The Labute approximate surface area is 197 Å². The Balaban J connectivity index is 1.45. The lowest BCUT2D eigenvalue weighted by atomic mass is 10.2. The van der Waals surface area contributed by atoms with E-state index in [2.05, 4.69) is 38.0 Å². The number of ether oxygens (including phenoxy) is 5. The first-order chi connectivity index (χ1) is 15.7. The van der Waals surface area contributed by atoms with Gasteiger partial charge >= 0.3 is 6.09 Å². The van der Waals surface area contributed by atoms with Crippen LogP contribution in [0.1, 0.15) is 19.8 Å². The summed E-state index contributed by atoms with van der Waals surface area (Å²) in [7, 11) is 9.80. The molecule has 0 N–H and O–H groups in total. The van der Waals surface area contributed by atoms with Crippen LogP contribution in [0.25, 0.3) is 0 Å². The number of hydrogen-bond acceptors (Lipinski definition) is 8. The quantitative estimate of drug-likeness (QED) is 0.436. The van der Waals surface area contributed by atoms with Gasteiger partial charge in [-0.05, 0) is 65.8 Å². The molecule has 0 radical (unpaired) electrons. The fourth-order valence-corrected chi connectivity index (χ4v) is 4.28. The number of anilines is 1. The molecule has 2 saturated heterocycles. The van der Waals surface area contributed by atoms with E-state index in [9.17, 15) is 4.79 Å². The molecule has 33 heavy (non-hydrogen) atoms. The molecule has 1 aromatic carbocycles. The fourth-order valence-electron chi connectivity index (χ4n) is 4.28. The average molecular weight is 466 g/mol. The molecule has 2 heterocycles. The summed E-state index contributed by atoms with van der Waals surface area (Å²) in [4.78, 5) is 17.9. The Bertz CT molecular complexity index is 739. The summed E-state index contributed by atoms with van der Waals surface area (Å²) >= 11 is 0. The van der Waals surface area contributed by atoms with Crippen LogP contribution in [0.2, 0.25) is 0 Å². The van der Waals surface area contributed by atoms with Crippen molar-refractivity contribution < 1.29 is 28.5 Å². The van der Waals surface area contributed by atoms with Gasteiger partial charge in [0, 0.05) is 32.3 Å². The highest BCUT2D eigenvalue weighted by molar-refractivity contribution is 5.89. The van der Waals surface area contributed by atoms with E-state index in [0.29, 0.717) is 19.8 Å². The summed E-state index contributed by atoms with van der Waals surface area (Å²) in [5, 5.41) is 0. The van der Waals surface area contributed by atoms with Crippen LogP contribution < -0.4 is 9.64 Å². The van der Waals surface area contributed by atoms with Crippen molar-refractivity contribution in [2.75, 3.05) is 73.0 Å². The summed E-state index contributed by atoms with van der Waals surface area (Å²) < 4.78 is 28.9. The summed E-state index contributed by atoms with van der Waals surface area (Å²) in [6, 6.07) is 7.48. The molecule has 0 unspecified atom stereocenters. The maximum absolute atomic E-state index is 12.1. The number of likely N-dealkylation sites (N-methyl/N-ethyl adjacent to an activating group) is 2. The average Bonchev–Trinajstić information content (AvgIpc) is 3.24. The zero-order valence-corrected chi connectivity index (χ0v) is 20.8. The third-order valence-corrected chi connectivity index (χ3v) is 5.73. The number of methoxy groups -OCH3 is 1. The molecule has 2 fully saturated rings. The largest absolute Gasteiger partial charge is 0.494 e. The third-order valence-electron chi connectivity index (χ3n) is 5.73. The molecule has 1 amide bonds. The van der Waals surface area contributed by atoms with Gasteiger partial charge in [0.1, 0.15) is 24.1 Å². The molecule has 3 rings (SSSR count). The van der Waals surface area contributed by atoms with Crippen LogP contribution in [0, 0.1) is 0 Å². The summed E-state index contributed by atoms with van der Waals surface area (Å²) in [5.74, 6) is 0.151. The number of nitrogens with zero attached hydrogens (tertiary/aromatic N) is 3. The van der Waals surface area contributed by atoms with E-state index in [1.165, 1.54) is 0 Å². The summed E-state index contributed by atoms with van der Waals surface area (Å²) in [6.07, 6.45) is 1.05. The van der Waals surface area contributed by atoms with Crippen LogP contribution in [-0.4, -0.2) is 108 Å². The summed E-state index contributed by atoms with van der Waals surface area (Å²) in [5.41, 5.74) is 0.782. The zero-order valence-electron chi connectivity index (χ0n) is 20.8. The lowest BCUT2D eigenvalue weighted by Crippen LogP contribution is -2.39. The minimum absolute atomic E-state index is 0.0432. The number of rotatable bonds is 12. The molecule has 0 bridgehead atoms. The van der Waals surface area contributed by atoms with Crippen LogP contribution in [0.4, 0.5) is 10.5 Å². The van der Waals surface area contributed by atoms with Crippen molar-refractivity contribution in [3.8, 4) is 5.75 Å². The van der Waals surface area contributed by atoms with Crippen molar-refractivity contribution in [3.05, 3.63) is 24.3 Å². The van der Waals surface area contributed by atoms with Crippen LogP contribution in [0.5, 0.6) is 5.75 Å². The molecule has 9 heteroatoms. The van der Waals surface area contributed by atoms with Crippen molar-refractivity contribution in [2.24, 2.45) is 0 Å². The third kappa shape index (κ3) is 7.28. The second-order valence-electron chi connectivity index (χ2n) is 9.49. The van der Waals surface area contributed by atoms with Gasteiger partial charge in [-0.15, -0.1) is 0 Å². The highest BCUT2D eigenvalue weighted by Gasteiger charge is 2.44. The molecule has 0 aliphatic carbocycles. The first kappa shape index (κ1) is 25.7. The van der Waals surface area contributed by atoms with E-state index in [1.807, 2.05) is 31.2 Å². The van der Waals surface area contributed by atoms with Crippen molar-refractivity contribution in [1.82, 2.24) is 9.80 Å². The first-order valence-corrected chi connectivity index (χ1v) is 11.5. The molecule has 0 saturated carbocycles. The van der Waals surface area contributed by atoms with Gasteiger partial charge in [0.2, 0.25) is 0 Å². The molecule has 0 spiro atoms. The number of carbonyl (C=O) groups excluding carboxylic acids is 1. The normalized spacial score (nSPS) is 24.7. The van der Waals surface area contributed by atoms with Gasteiger partial charge in [0.05, 0.1) is 19.8 Å². The van der Waals surface area contributed by atoms with Crippen molar-refractivity contribution >= 4 is 11.8 Å². The van der Waals surface area contributed by atoms with Gasteiger partial charge in [-0.2, -0.15) is 0 Å². The first-order valence-electron chi connectivity index (χ1n) is 11.5. The SMILES string of the molecule is COC[C@H]1CN(c2ccc(OCCCC3(C)O[C@@H](CN(C)C)[C@H](CN(C)C)O3)cc2)C(=O)O1. The maximum atomic E-state index is 12.1. The van der Waals surface area contributed by atoms with E-state index >= 15 is 0 Å². The second-order valence-corrected chi connectivity index (χ2v) is 9.49. The van der Waals surface area contributed by atoms with Gasteiger partial charge in [-0.1, -0.05) is 0 Å². The molecule has 0 aromatic heterocycles. The van der Waals surface area contributed by atoms with E-state index in [1.54, 1.807) is 12.0 Å². The Morgan fingerprint density at radius 3 is 2.21 bits per heavy atom. The van der Waals surface area contributed by atoms with Gasteiger partial charge < -0.3 is 33.5 Å². The number of benzene rings is 1. The lowest BCUT2D eigenvalue weighted by molar-refractivity contribution is -0.168. The van der Waals surface area contributed by atoms with E-state index in [-0.39, 0.29) is 24.4 Å². The lowest BCUT2D eigenvalue weighted by Gasteiger charge is -2.24. The van der Waals surface area contributed by atoms with Crippen LogP contribution in [0.15, 0.2) is 24.3 Å². The molecule has 3 atom stereocenters. The van der Waals surface area contributed by atoms with E-state index in [4.69, 9.17) is 23.7 Å². The molecular weight excluding hydrogens is 426 g/mol. The number of carbonyl (C=O) groups is 1. The standard InChI is InChI=1S/C24H39N3O6/c1-24(32-21(15-25(2)3)22(33-24)16-26(4)5)12-7-13-30-19-10-8-18(9-11-19)27-14-20(17-29-6)31-23(27)28/h8-11,20-22H,7,12-17H2,1-6H3/t20-,21+,22+/m1/s1. The van der Waals surface area contributed by atoms with Crippen LogP contribution >= 0.6 is 0 Å². The van der Waals surface area contributed by atoms with Crippen molar-refractivity contribution in [2.45, 2.75) is 43.9 Å². The Morgan fingerprint density at radius 1 is 1.06 bits per heavy atom. The fraction of sp³-hybridized carbons (Fsp3) is 0.708. The molecule has 1 aromatic rings. The van der Waals surface area contributed by atoms with E-state index < -0.39 is 5.79 Å². The number of amides is 1. The van der Waals surface area contributed by atoms with Crippen LogP contribution in [0.3, 0.4) is 0 Å². The Kier molecular flexibility index (Phi) is 8.95. The smallest absolute Gasteiger partial charge is 0.414 e. The molecule has 9 nitrogen and oxygen atoms in total. The number of cyclic esters (lactones) is 1. The van der Waals surface area contributed by atoms with Crippen molar-refractivity contribution in [1.29, 1.82) is 0 Å².